The van der Waals surface area contributed by atoms with Gasteiger partial charge in [0.2, 0.25) is 0 Å². The number of nitrogens with one attached hydrogen (secondary N) is 1. The highest BCUT2D eigenvalue weighted by atomic mass is 16.5. The first-order chi connectivity index (χ1) is 5.66. The van der Waals surface area contributed by atoms with Gasteiger partial charge in [0.25, 0.3) is 0 Å². The molecule has 74 valence electrons. The van der Waals surface area contributed by atoms with Crippen molar-refractivity contribution in [3.63, 3.8) is 0 Å². The van der Waals surface area contributed by atoms with Crippen molar-refractivity contribution in [1.29, 1.82) is 0 Å². The van der Waals surface area contributed by atoms with E-state index in [4.69, 9.17) is 4.74 Å². The topological polar surface area (TPSA) is 21.3 Å². The monoisotopic (exact) mass is 173 g/mol. The molecule has 0 bridgehead atoms. The Labute approximate surface area is 76.7 Å². The first kappa shape index (κ1) is 11.9. The minimum Gasteiger partial charge on any atom is -0.378 e. The average Bonchev–Trinajstić information content (AvgIpc) is 2.00. The molecular formula is C10H23NO. The zero-order valence-corrected chi connectivity index (χ0v) is 8.89. The molecular weight excluding hydrogens is 150 g/mol. The molecule has 1 N–H and O–H groups in total. The van der Waals surface area contributed by atoms with Crippen LogP contribution in [0.1, 0.15) is 33.6 Å². The second-order valence-corrected chi connectivity index (χ2v) is 3.76. The van der Waals surface area contributed by atoms with Crippen LogP contribution in [0, 0.1) is 5.92 Å². The third-order valence-corrected chi connectivity index (χ3v) is 1.90. The molecule has 2 nitrogen and oxygen atoms in total. The summed E-state index contributed by atoms with van der Waals surface area (Å²) in [5, 5.41) is 3.12. The summed E-state index contributed by atoms with van der Waals surface area (Å²) in [6, 6.07) is 0. The summed E-state index contributed by atoms with van der Waals surface area (Å²) in [6.07, 6.45) is 2.68. The minimum atomic E-state index is 0.399. The van der Waals surface area contributed by atoms with Crippen molar-refractivity contribution in [2.24, 2.45) is 5.92 Å². The first-order valence-electron chi connectivity index (χ1n) is 4.93. The Kier molecular flexibility index (Phi) is 7.51. The maximum atomic E-state index is 5.61. The molecule has 0 aliphatic rings. The fraction of sp³-hybridized carbons (Fsp3) is 1.00. The normalized spacial score (nSPS) is 13.8. The van der Waals surface area contributed by atoms with E-state index >= 15 is 0 Å². The molecule has 2 heteroatoms. The molecule has 0 radical (unpaired) electrons. The second kappa shape index (κ2) is 7.56. The smallest absolute Gasteiger partial charge is 0.0559 e. The Morgan fingerprint density at radius 1 is 1.17 bits per heavy atom. The minimum absolute atomic E-state index is 0.399. The van der Waals surface area contributed by atoms with Crippen molar-refractivity contribution < 1.29 is 4.74 Å². The summed E-state index contributed by atoms with van der Waals surface area (Å²) in [4.78, 5) is 0. The van der Waals surface area contributed by atoms with E-state index in [1.165, 1.54) is 6.42 Å². The van der Waals surface area contributed by atoms with Gasteiger partial charge in [0.15, 0.2) is 0 Å². The molecule has 12 heavy (non-hydrogen) atoms. The van der Waals surface area contributed by atoms with Crippen LogP contribution in [0.5, 0.6) is 0 Å². The number of hydrogen-bond acceptors (Lipinski definition) is 2. The summed E-state index contributed by atoms with van der Waals surface area (Å²) >= 11 is 0. The van der Waals surface area contributed by atoms with Crippen LogP contribution >= 0.6 is 0 Å². The van der Waals surface area contributed by atoms with E-state index in [1.54, 1.807) is 0 Å². The summed E-state index contributed by atoms with van der Waals surface area (Å²) in [6.45, 7) is 8.53. The van der Waals surface area contributed by atoms with Gasteiger partial charge in [-0.05, 0) is 39.3 Å². The standard InChI is InChI=1S/C10H23NO/c1-9(2)6-8-12-10(3)5-7-11-4/h9-11H,5-8H2,1-4H3. The summed E-state index contributed by atoms with van der Waals surface area (Å²) < 4.78 is 5.61. The highest BCUT2D eigenvalue weighted by Crippen LogP contribution is 2.02. The maximum absolute atomic E-state index is 5.61. The molecule has 0 heterocycles. The van der Waals surface area contributed by atoms with Crippen LogP contribution in [0.25, 0.3) is 0 Å². The molecule has 0 fully saturated rings. The van der Waals surface area contributed by atoms with Gasteiger partial charge in [-0.2, -0.15) is 0 Å². The molecule has 0 rings (SSSR count). The Morgan fingerprint density at radius 2 is 1.83 bits per heavy atom. The van der Waals surface area contributed by atoms with Crippen molar-refractivity contribution in [3.05, 3.63) is 0 Å². The van der Waals surface area contributed by atoms with Crippen molar-refractivity contribution in [2.75, 3.05) is 20.2 Å². The van der Waals surface area contributed by atoms with Gasteiger partial charge >= 0.3 is 0 Å². The molecule has 0 aromatic rings. The molecule has 0 amide bonds. The van der Waals surface area contributed by atoms with Gasteiger partial charge in [0.05, 0.1) is 6.10 Å². The molecule has 0 aromatic carbocycles. The second-order valence-electron chi connectivity index (χ2n) is 3.76. The number of hydrogen-bond donors (Lipinski definition) is 1. The predicted octanol–water partition coefficient (Wildman–Crippen LogP) is 2.05. The highest BCUT2D eigenvalue weighted by Gasteiger charge is 2.01. The summed E-state index contributed by atoms with van der Waals surface area (Å²) in [5.74, 6) is 0.751. The van der Waals surface area contributed by atoms with E-state index in [1.807, 2.05) is 7.05 Å². The van der Waals surface area contributed by atoms with Crippen LogP contribution in [0.3, 0.4) is 0 Å². The third-order valence-electron chi connectivity index (χ3n) is 1.90. The van der Waals surface area contributed by atoms with E-state index in [0.29, 0.717) is 6.10 Å². The van der Waals surface area contributed by atoms with Crippen LogP contribution < -0.4 is 5.32 Å². The van der Waals surface area contributed by atoms with Gasteiger partial charge < -0.3 is 10.1 Å². The molecule has 0 saturated carbocycles. The lowest BCUT2D eigenvalue weighted by atomic mass is 10.1. The molecule has 1 unspecified atom stereocenters. The fourth-order valence-electron chi connectivity index (χ4n) is 0.936. The Morgan fingerprint density at radius 3 is 2.33 bits per heavy atom. The zero-order valence-electron chi connectivity index (χ0n) is 8.89. The van der Waals surface area contributed by atoms with Gasteiger partial charge in [-0.15, -0.1) is 0 Å². The lowest BCUT2D eigenvalue weighted by Gasteiger charge is -2.13. The van der Waals surface area contributed by atoms with Gasteiger partial charge in [-0.3, -0.25) is 0 Å². The van der Waals surface area contributed by atoms with Gasteiger partial charge in [-0.1, -0.05) is 13.8 Å². The third kappa shape index (κ3) is 8.02. The first-order valence-corrected chi connectivity index (χ1v) is 4.93. The van der Waals surface area contributed by atoms with Crippen LogP contribution in [0.4, 0.5) is 0 Å². The molecule has 0 aliphatic heterocycles. The molecule has 1 atom stereocenters. The Balaban J connectivity index is 3.13. The lowest BCUT2D eigenvalue weighted by molar-refractivity contribution is 0.0538. The number of rotatable bonds is 7. The fourth-order valence-corrected chi connectivity index (χ4v) is 0.936. The zero-order chi connectivity index (χ0) is 9.40. The summed E-state index contributed by atoms with van der Waals surface area (Å²) in [5.41, 5.74) is 0. The maximum Gasteiger partial charge on any atom is 0.0559 e. The van der Waals surface area contributed by atoms with Gasteiger partial charge in [-0.25, -0.2) is 0 Å². The van der Waals surface area contributed by atoms with Crippen LogP contribution in [-0.4, -0.2) is 26.3 Å². The van der Waals surface area contributed by atoms with Crippen molar-refractivity contribution in [3.8, 4) is 0 Å². The highest BCUT2D eigenvalue weighted by molar-refractivity contribution is 4.52. The Hall–Kier alpha value is -0.0800. The average molecular weight is 173 g/mol. The van der Waals surface area contributed by atoms with E-state index in [9.17, 15) is 0 Å². The predicted molar refractivity (Wildman–Crippen MR) is 53.4 cm³/mol. The SMILES string of the molecule is CNCCC(C)OCCC(C)C. The van der Waals surface area contributed by atoms with Crippen LogP contribution in [0.2, 0.25) is 0 Å². The van der Waals surface area contributed by atoms with Gasteiger partial charge in [0, 0.05) is 6.61 Å². The van der Waals surface area contributed by atoms with E-state index in [0.717, 1.165) is 25.5 Å². The van der Waals surface area contributed by atoms with E-state index in [-0.39, 0.29) is 0 Å². The lowest BCUT2D eigenvalue weighted by Crippen LogP contribution is -2.18. The van der Waals surface area contributed by atoms with Crippen molar-refractivity contribution >= 4 is 0 Å². The number of ether oxygens (including phenoxy) is 1. The molecule has 0 spiro atoms. The molecule has 0 aliphatic carbocycles. The van der Waals surface area contributed by atoms with Crippen molar-refractivity contribution in [1.82, 2.24) is 5.32 Å². The van der Waals surface area contributed by atoms with Gasteiger partial charge in [0.1, 0.15) is 0 Å². The van der Waals surface area contributed by atoms with E-state index in [2.05, 4.69) is 26.1 Å². The van der Waals surface area contributed by atoms with Crippen LogP contribution in [-0.2, 0) is 4.74 Å². The van der Waals surface area contributed by atoms with Crippen molar-refractivity contribution in [2.45, 2.75) is 39.7 Å². The molecule has 0 aromatic heterocycles. The quantitative estimate of drug-likeness (QED) is 0.636. The summed E-state index contributed by atoms with van der Waals surface area (Å²) in [7, 11) is 1.97. The Bertz CT molecular complexity index is 93.8. The van der Waals surface area contributed by atoms with Crippen LogP contribution in [0.15, 0.2) is 0 Å². The molecule has 0 saturated heterocycles. The largest absolute Gasteiger partial charge is 0.378 e. The van der Waals surface area contributed by atoms with E-state index < -0.39 is 0 Å².